The molecule has 1 atom stereocenters. The summed E-state index contributed by atoms with van der Waals surface area (Å²) in [6, 6.07) is 3.57. The molecule has 2 saturated heterocycles. The molecule has 0 unspecified atom stereocenters. The van der Waals surface area contributed by atoms with E-state index in [0.29, 0.717) is 31.9 Å². The maximum atomic E-state index is 14.3. The number of nitrogens with zero attached hydrogens (tertiary/aromatic N) is 3. The Bertz CT molecular complexity index is 611. The Morgan fingerprint density at radius 3 is 2.83 bits per heavy atom. The van der Waals surface area contributed by atoms with E-state index in [9.17, 15) is 13.6 Å². The SMILES string of the molecule is COc1ncccc1CN1CC(F)(F)C[C@]2(CCN(C)C2=O)C1. The number of ether oxygens (including phenoxy) is 1. The molecule has 2 aliphatic rings. The van der Waals surface area contributed by atoms with Crippen molar-refractivity contribution in [2.45, 2.75) is 25.3 Å². The van der Waals surface area contributed by atoms with Crippen LogP contribution in [0.2, 0.25) is 0 Å². The molecule has 0 saturated carbocycles. The van der Waals surface area contributed by atoms with E-state index in [1.807, 2.05) is 6.07 Å². The molecule has 1 spiro atoms. The van der Waals surface area contributed by atoms with Crippen LogP contribution in [0.4, 0.5) is 8.78 Å². The molecule has 7 heteroatoms. The zero-order valence-electron chi connectivity index (χ0n) is 13.4. The van der Waals surface area contributed by atoms with Crippen LogP contribution in [0.15, 0.2) is 18.3 Å². The number of piperidine rings is 1. The second kappa shape index (κ2) is 5.70. The molecule has 1 aromatic rings. The minimum atomic E-state index is -2.87. The lowest BCUT2D eigenvalue weighted by Gasteiger charge is -2.42. The minimum absolute atomic E-state index is 0.167. The minimum Gasteiger partial charge on any atom is -0.481 e. The highest BCUT2D eigenvalue weighted by Gasteiger charge is 2.56. The third kappa shape index (κ3) is 3.02. The Morgan fingerprint density at radius 2 is 2.17 bits per heavy atom. The van der Waals surface area contributed by atoms with E-state index < -0.39 is 11.3 Å². The first-order chi connectivity index (χ1) is 10.9. The van der Waals surface area contributed by atoms with Crippen LogP contribution >= 0.6 is 0 Å². The average Bonchev–Trinajstić information content (AvgIpc) is 2.74. The molecule has 5 nitrogen and oxygen atoms in total. The van der Waals surface area contributed by atoms with Gasteiger partial charge in [0.25, 0.3) is 5.92 Å². The molecule has 1 amide bonds. The lowest BCUT2D eigenvalue weighted by molar-refractivity contribution is -0.154. The largest absolute Gasteiger partial charge is 0.481 e. The zero-order valence-corrected chi connectivity index (χ0v) is 13.4. The lowest BCUT2D eigenvalue weighted by atomic mass is 9.77. The van der Waals surface area contributed by atoms with Crippen molar-refractivity contribution >= 4 is 5.91 Å². The Balaban J connectivity index is 1.84. The molecule has 3 heterocycles. The fourth-order valence-electron chi connectivity index (χ4n) is 3.80. The van der Waals surface area contributed by atoms with Crippen LogP contribution < -0.4 is 4.74 Å². The van der Waals surface area contributed by atoms with Crippen molar-refractivity contribution in [3.05, 3.63) is 23.9 Å². The molecule has 0 aliphatic carbocycles. The topological polar surface area (TPSA) is 45.7 Å². The summed E-state index contributed by atoms with van der Waals surface area (Å²) in [6.07, 6.45) is 1.73. The van der Waals surface area contributed by atoms with Crippen LogP contribution in [0.3, 0.4) is 0 Å². The highest BCUT2D eigenvalue weighted by molar-refractivity contribution is 5.85. The van der Waals surface area contributed by atoms with Crippen molar-refractivity contribution in [2.24, 2.45) is 5.41 Å². The van der Waals surface area contributed by atoms with Gasteiger partial charge in [0.05, 0.1) is 19.1 Å². The Hall–Kier alpha value is -1.76. The van der Waals surface area contributed by atoms with Gasteiger partial charge >= 0.3 is 0 Å². The zero-order chi connectivity index (χ0) is 16.7. The van der Waals surface area contributed by atoms with Crippen molar-refractivity contribution < 1.29 is 18.3 Å². The van der Waals surface area contributed by atoms with Gasteiger partial charge in [-0.25, -0.2) is 13.8 Å². The number of rotatable bonds is 3. The van der Waals surface area contributed by atoms with Crippen LogP contribution in [0.1, 0.15) is 18.4 Å². The fourth-order valence-corrected chi connectivity index (χ4v) is 3.80. The van der Waals surface area contributed by atoms with Gasteiger partial charge in [-0.15, -0.1) is 0 Å². The number of alkyl halides is 2. The van der Waals surface area contributed by atoms with E-state index >= 15 is 0 Å². The lowest BCUT2D eigenvalue weighted by Crippen LogP contribution is -2.55. The van der Waals surface area contributed by atoms with E-state index in [2.05, 4.69) is 4.98 Å². The summed E-state index contributed by atoms with van der Waals surface area (Å²) >= 11 is 0. The van der Waals surface area contributed by atoms with Crippen LogP contribution in [0.5, 0.6) is 5.88 Å². The van der Waals surface area contributed by atoms with Gasteiger partial charge in [0, 0.05) is 44.9 Å². The van der Waals surface area contributed by atoms with Crippen molar-refractivity contribution in [1.82, 2.24) is 14.8 Å². The molecule has 0 aromatic carbocycles. The number of amides is 1. The van der Waals surface area contributed by atoms with E-state index in [1.165, 1.54) is 7.11 Å². The first kappa shape index (κ1) is 16.1. The van der Waals surface area contributed by atoms with Gasteiger partial charge in [0.2, 0.25) is 11.8 Å². The first-order valence-electron chi connectivity index (χ1n) is 7.69. The Labute approximate surface area is 134 Å². The number of methoxy groups -OCH3 is 1. The van der Waals surface area contributed by atoms with Gasteiger partial charge in [-0.1, -0.05) is 6.07 Å². The third-order valence-electron chi connectivity index (χ3n) is 4.74. The first-order valence-corrected chi connectivity index (χ1v) is 7.69. The molecular formula is C16H21F2N3O2. The second-order valence-electron chi connectivity index (χ2n) is 6.61. The molecule has 3 rings (SSSR count). The molecule has 23 heavy (non-hydrogen) atoms. The van der Waals surface area contributed by atoms with Gasteiger partial charge in [-0.05, 0) is 12.5 Å². The molecular weight excluding hydrogens is 304 g/mol. The van der Waals surface area contributed by atoms with Crippen LogP contribution in [0.25, 0.3) is 0 Å². The maximum Gasteiger partial charge on any atom is 0.261 e. The van der Waals surface area contributed by atoms with E-state index in [4.69, 9.17) is 4.74 Å². The highest BCUT2D eigenvalue weighted by atomic mass is 19.3. The number of likely N-dealkylation sites (tertiary alicyclic amines) is 2. The van der Waals surface area contributed by atoms with Gasteiger partial charge < -0.3 is 9.64 Å². The summed E-state index contributed by atoms with van der Waals surface area (Å²) in [6.45, 7) is 0.845. The molecule has 0 bridgehead atoms. The fraction of sp³-hybridized carbons (Fsp3) is 0.625. The molecule has 0 N–H and O–H groups in total. The van der Waals surface area contributed by atoms with Gasteiger partial charge in [-0.2, -0.15) is 0 Å². The number of halogens is 2. The number of carbonyl (C=O) groups excluding carboxylic acids is 1. The maximum absolute atomic E-state index is 14.3. The second-order valence-corrected chi connectivity index (χ2v) is 6.61. The average molecular weight is 325 g/mol. The van der Waals surface area contributed by atoms with E-state index in [1.54, 1.807) is 29.1 Å². The Kier molecular flexibility index (Phi) is 4.00. The third-order valence-corrected chi connectivity index (χ3v) is 4.74. The summed E-state index contributed by atoms with van der Waals surface area (Å²) in [5, 5.41) is 0. The Morgan fingerprint density at radius 1 is 1.39 bits per heavy atom. The molecule has 2 aliphatic heterocycles. The normalized spacial score (nSPS) is 27.7. The number of hydrogen-bond acceptors (Lipinski definition) is 4. The standard InChI is InChI=1S/C16H21F2N3O2/c1-20-7-5-15(14(20)22)9-16(17,18)11-21(10-15)8-12-4-3-6-19-13(12)23-2/h3-4,6H,5,7-11H2,1-2H3/t15-/m1/s1. The van der Waals surface area contributed by atoms with Crippen LogP contribution in [-0.4, -0.2) is 60.4 Å². The van der Waals surface area contributed by atoms with Gasteiger partial charge in [0.15, 0.2) is 0 Å². The van der Waals surface area contributed by atoms with E-state index in [-0.39, 0.29) is 18.9 Å². The number of aromatic nitrogens is 1. The van der Waals surface area contributed by atoms with Crippen LogP contribution in [-0.2, 0) is 11.3 Å². The summed E-state index contributed by atoms with van der Waals surface area (Å²) in [7, 11) is 3.19. The molecule has 1 aromatic heterocycles. The summed E-state index contributed by atoms with van der Waals surface area (Å²) in [5.74, 6) is -2.60. The molecule has 126 valence electrons. The van der Waals surface area contributed by atoms with Gasteiger partial charge in [0.1, 0.15) is 0 Å². The summed E-state index contributed by atoms with van der Waals surface area (Å²) < 4.78 is 33.7. The van der Waals surface area contributed by atoms with Crippen molar-refractivity contribution in [3.63, 3.8) is 0 Å². The monoisotopic (exact) mass is 325 g/mol. The molecule has 0 radical (unpaired) electrons. The summed E-state index contributed by atoms with van der Waals surface area (Å²) in [4.78, 5) is 19.7. The number of carbonyl (C=O) groups is 1. The highest BCUT2D eigenvalue weighted by Crippen LogP contribution is 2.45. The number of pyridine rings is 1. The van der Waals surface area contributed by atoms with Crippen molar-refractivity contribution in [3.8, 4) is 5.88 Å². The number of hydrogen-bond donors (Lipinski definition) is 0. The van der Waals surface area contributed by atoms with E-state index in [0.717, 1.165) is 5.56 Å². The predicted molar refractivity (Wildman–Crippen MR) is 80.3 cm³/mol. The molecule has 2 fully saturated rings. The van der Waals surface area contributed by atoms with Crippen LogP contribution in [0, 0.1) is 5.41 Å². The summed E-state index contributed by atoms with van der Waals surface area (Å²) in [5.41, 5.74) is -0.215. The smallest absolute Gasteiger partial charge is 0.261 e. The van der Waals surface area contributed by atoms with Crippen molar-refractivity contribution in [2.75, 3.05) is 33.8 Å². The quantitative estimate of drug-likeness (QED) is 0.850. The van der Waals surface area contributed by atoms with Gasteiger partial charge in [-0.3, -0.25) is 9.69 Å². The predicted octanol–water partition coefficient (Wildman–Crippen LogP) is 1.78. The van der Waals surface area contributed by atoms with Crippen molar-refractivity contribution in [1.29, 1.82) is 0 Å².